The molecule has 0 bridgehead atoms. The predicted octanol–water partition coefficient (Wildman–Crippen LogP) is 2.63. The van der Waals surface area contributed by atoms with Crippen LogP contribution in [0.25, 0.3) is 0 Å². The summed E-state index contributed by atoms with van der Waals surface area (Å²) in [6, 6.07) is 6.51. The third-order valence-corrected chi connectivity index (χ3v) is 4.99. The maximum absolute atomic E-state index is 12.6. The number of hydrogen-bond donors (Lipinski definition) is 1. The van der Waals surface area contributed by atoms with E-state index in [0.717, 1.165) is 25.1 Å². The lowest BCUT2D eigenvalue weighted by molar-refractivity contribution is -0.130. The first-order valence-electron chi connectivity index (χ1n) is 7.22. The average Bonchev–Trinajstić information content (AvgIpc) is 3.13. The quantitative estimate of drug-likeness (QED) is 0.925. The Morgan fingerprint density at radius 3 is 2.75 bits per heavy atom. The Labute approximate surface area is 125 Å². The van der Waals surface area contributed by atoms with Gasteiger partial charge in [0.05, 0.1) is 0 Å². The van der Waals surface area contributed by atoms with Crippen LogP contribution in [-0.2, 0) is 4.79 Å². The van der Waals surface area contributed by atoms with Crippen molar-refractivity contribution in [3.8, 4) is 0 Å². The first kappa shape index (κ1) is 14.0. The second-order valence-corrected chi connectivity index (χ2v) is 6.97. The number of hydrogen-bond acceptors (Lipinski definition) is 3. The number of amides is 1. The monoisotopic (exact) mass is 290 g/mol. The molecule has 3 rings (SSSR count). The molecular formula is C16H22N2OS. The van der Waals surface area contributed by atoms with Crippen molar-refractivity contribution in [2.45, 2.75) is 38.4 Å². The van der Waals surface area contributed by atoms with Crippen LogP contribution < -0.4 is 5.32 Å². The van der Waals surface area contributed by atoms with Gasteiger partial charge >= 0.3 is 0 Å². The number of nitrogens with zero attached hydrogens (tertiary/aromatic N) is 1. The van der Waals surface area contributed by atoms with Gasteiger partial charge < -0.3 is 4.90 Å². The number of aryl methyl sites for hydroxylation is 2. The Kier molecular flexibility index (Phi) is 3.55. The number of carbonyl (C=O) groups excluding carboxylic acids is 1. The lowest BCUT2D eigenvalue weighted by Crippen LogP contribution is -2.33. The standard InChI is InChI=1S/C16H22N2OS/c1-11-4-5-13(12(2)10-11)14-17-16(6-7-16)15(19)18(14)8-9-20-3/h4-5,10,14,17H,6-9H2,1-3H3. The molecule has 1 aliphatic carbocycles. The van der Waals surface area contributed by atoms with Crippen molar-refractivity contribution in [1.29, 1.82) is 0 Å². The Morgan fingerprint density at radius 2 is 2.15 bits per heavy atom. The van der Waals surface area contributed by atoms with E-state index in [4.69, 9.17) is 0 Å². The van der Waals surface area contributed by atoms with Gasteiger partial charge in [-0.2, -0.15) is 11.8 Å². The van der Waals surface area contributed by atoms with Gasteiger partial charge in [0, 0.05) is 12.3 Å². The summed E-state index contributed by atoms with van der Waals surface area (Å²) in [6.45, 7) is 5.07. The average molecular weight is 290 g/mol. The van der Waals surface area contributed by atoms with Crippen molar-refractivity contribution in [2.75, 3.05) is 18.6 Å². The van der Waals surface area contributed by atoms with Crippen LogP contribution in [0.2, 0.25) is 0 Å². The molecule has 2 aliphatic rings. The van der Waals surface area contributed by atoms with Gasteiger partial charge in [-0.3, -0.25) is 10.1 Å². The van der Waals surface area contributed by atoms with E-state index in [1.165, 1.54) is 16.7 Å². The Hall–Kier alpha value is -1.00. The molecule has 0 radical (unpaired) electrons. The van der Waals surface area contributed by atoms with E-state index in [0.29, 0.717) is 5.91 Å². The number of thioether (sulfide) groups is 1. The first-order valence-corrected chi connectivity index (χ1v) is 8.62. The van der Waals surface area contributed by atoms with Gasteiger partial charge in [0.15, 0.2) is 0 Å². The number of nitrogens with one attached hydrogen (secondary N) is 1. The van der Waals surface area contributed by atoms with Crippen molar-refractivity contribution < 1.29 is 4.79 Å². The smallest absolute Gasteiger partial charge is 0.244 e. The van der Waals surface area contributed by atoms with Crippen LogP contribution in [0.5, 0.6) is 0 Å². The summed E-state index contributed by atoms with van der Waals surface area (Å²) < 4.78 is 0. The summed E-state index contributed by atoms with van der Waals surface area (Å²) in [6.07, 6.45) is 4.12. The summed E-state index contributed by atoms with van der Waals surface area (Å²) in [5.41, 5.74) is 3.55. The second kappa shape index (κ2) is 5.08. The van der Waals surface area contributed by atoms with Gasteiger partial charge in [-0.05, 0) is 44.1 Å². The Balaban J connectivity index is 1.91. The lowest BCUT2D eigenvalue weighted by Gasteiger charge is -2.25. The first-order chi connectivity index (χ1) is 9.57. The molecule has 1 saturated heterocycles. The van der Waals surface area contributed by atoms with Crippen molar-refractivity contribution in [2.24, 2.45) is 0 Å². The summed E-state index contributed by atoms with van der Waals surface area (Å²) in [5, 5.41) is 3.59. The summed E-state index contributed by atoms with van der Waals surface area (Å²) in [7, 11) is 0. The number of carbonyl (C=O) groups is 1. The number of rotatable bonds is 4. The predicted molar refractivity (Wildman–Crippen MR) is 83.9 cm³/mol. The van der Waals surface area contributed by atoms with E-state index in [-0.39, 0.29) is 11.7 Å². The zero-order chi connectivity index (χ0) is 14.3. The zero-order valence-electron chi connectivity index (χ0n) is 12.4. The van der Waals surface area contributed by atoms with E-state index in [2.05, 4.69) is 43.6 Å². The van der Waals surface area contributed by atoms with Crippen LogP contribution in [0.15, 0.2) is 18.2 Å². The van der Waals surface area contributed by atoms with E-state index in [1.54, 1.807) is 11.8 Å². The van der Waals surface area contributed by atoms with Crippen LogP contribution >= 0.6 is 11.8 Å². The normalized spacial score (nSPS) is 23.6. The van der Waals surface area contributed by atoms with Crippen molar-refractivity contribution in [1.82, 2.24) is 10.2 Å². The van der Waals surface area contributed by atoms with Gasteiger partial charge in [-0.25, -0.2) is 0 Å². The minimum atomic E-state index is -0.236. The summed E-state index contributed by atoms with van der Waals surface area (Å²) >= 11 is 1.79. The van der Waals surface area contributed by atoms with Crippen LogP contribution in [0.1, 0.15) is 35.7 Å². The highest BCUT2D eigenvalue weighted by atomic mass is 32.2. The lowest BCUT2D eigenvalue weighted by atomic mass is 10.0. The fraction of sp³-hybridized carbons (Fsp3) is 0.562. The SMILES string of the molecule is CSCCN1C(=O)C2(CC2)NC1c1ccc(C)cc1C. The van der Waals surface area contributed by atoms with E-state index in [9.17, 15) is 4.79 Å². The molecule has 1 aromatic carbocycles. The molecule has 20 heavy (non-hydrogen) atoms. The molecule has 1 unspecified atom stereocenters. The zero-order valence-corrected chi connectivity index (χ0v) is 13.2. The molecule has 2 fully saturated rings. The highest BCUT2D eigenvalue weighted by Gasteiger charge is 2.59. The second-order valence-electron chi connectivity index (χ2n) is 5.98. The van der Waals surface area contributed by atoms with Gasteiger partial charge in [-0.1, -0.05) is 23.8 Å². The maximum atomic E-state index is 12.6. The van der Waals surface area contributed by atoms with Crippen LogP contribution in [0, 0.1) is 13.8 Å². The highest BCUT2D eigenvalue weighted by Crippen LogP contribution is 2.46. The molecule has 1 amide bonds. The molecule has 4 heteroatoms. The van der Waals surface area contributed by atoms with E-state index < -0.39 is 0 Å². The van der Waals surface area contributed by atoms with E-state index >= 15 is 0 Å². The molecule has 1 saturated carbocycles. The molecular weight excluding hydrogens is 268 g/mol. The van der Waals surface area contributed by atoms with Crippen molar-refractivity contribution >= 4 is 17.7 Å². The highest BCUT2D eigenvalue weighted by molar-refractivity contribution is 7.98. The molecule has 1 aliphatic heterocycles. The fourth-order valence-electron chi connectivity index (χ4n) is 3.08. The van der Waals surface area contributed by atoms with Gasteiger partial charge in [0.1, 0.15) is 11.7 Å². The Bertz CT molecular complexity index is 539. The summed E-state index contributed by atoms with van der Waals surface area (Å²) in [5.74, 6) is 1.29. The molecule has 0 aromatic heterocycles. The summed E-state index contributed by atoms with van der Waals surface area (Å²) in [4.78, 5) is 14.7. The molecule has 1 heterocycles. The van der Waals surface area contributed by atoms with Crippen LogP contribution in [0.3, 0.4) is 0 Å². The molecule has 1 aromatic rings. The van der Waals surface area contributed by atoms with Gasteiger partial charge in [0.2, 0.25) is 5.91 Å². The van der Waals surface area contributed by atoms with Gasteiger partial charge in [0.25, 0.3) is 0 Å². The molecule has 108 valence electrons. The van der Waals surface area contributed by atoms with Crippen molar-refractivity contribution in [3.05, 3.63) is 34.9 Å². The molecule has 1 spiro atoms. The molecule has 3 nitrogen and oxygen atoms in total. The maximum Gasteiger partial charge on any atom is 0.244 e. The minimum Gasteiger partial charge on any atom is -0.320 e. The van der Waals surface area contributed by atoms with Crippen LogP contribution in [0.4, 0.5) is 0 Å². The van der Waals surface area contributed by atoms with Crippen LogP contribution in [-0.4, -0.2) is 34.9 Å². The minimum absolute atomic E-state index is 0.0535. The topological polar surface area (TPSA) is 32.3 Å². The van der Waals surface area contributed by atoms with Gasteiger partial charge in [-0.15, -0.1) is 0 Å². The fourth-order valence-corrected chi connectivity index (χ4v) is 3.45. The molecule has 1 N–H and O–H groups in total. The molecule has 1 atom stereocenters. The Morgan fingerprint density at radius 1 is 1.40 bits per heavy atom. The third kappa shape index (κ3) is 2.25. The third-order valence-electron chi connectivity index (χ3n) is 4.40. The number of benzene rings is 1. The largest absolute Gasteiger partial charge is 0.320 e. The van der Waals surface area contributed by atoms with E-state index in [1.807, 2.05) is 4.90 Å². The van der Waals surface area contributed by atoms with Crippen molar-refractivity contribution in [3.63, 3.8) is 0 Å².